The summed E-state index contributed by atoms with van der Waals surface area (Å²) in [6.45, 7) is 0.302. The summed E-state index contributed by atoms with van der Waals surface area (Å²) >= 11 is 0. The first kappa shape index (κ1) is 9.12. The van der Waals surface area contributed by atoms with Gasteiger partial charge in [0, 0.05) is 7.05 Å². The van der Waals surface area contributed by atoms with Crippen LogP contribution in [0.3, 0.4) is 0 Å². The smallest absolute Gasteiger partial charge is 0.107 e. The molecule has 0 saturated heterocycles. The molecule has 0 fully saturated rings. The maximum Gasteiger partial charge on any atom is 0.107 e. The van der Waals surface area contributed by atoms with Gasteiger partial charge in [0.15, 0.2) is 0 Å². The number of nitrogens with zero attached hydrogens (tertiary/aromatic N) is 2. The Balaban J connectivity index is 0. The van der Waals surface area contributed by atoms with Crippen molar-refractivity contribution in [3.8, 4) is 0 Å². The third-order valence-electron chi connectivity index (χ3n) is 0.223. The van der Waals surface area contributed by atoms with Gasteiger partial charge in [-0.3, -0.25) is 0 Å². The van der Waals surface area contributed by atoms with Crippen LogP contribution >= 0.6 is 0 Å². The first-order valence-corrected chi connectivity index (χ1v) is 1.37. The molecule has 0 atom stereocenters. The molecule has 6 heavy (non-hydrogen) atoms. The second kappa shape index (κ2) is 8.82. The zero-order valence-electron chi connectivity index (χ0n) is 3.18. The van der Waals surface area contributed by atoms with Crippen LogP contribution in [0.1, 0.15) is 7.43 Å². The molecule has 3 nitrogen and oxygen atoms in total. The summed E-state index contributed by atoms with van der Waals surface area (Å²) in [7, 11) is 1.59. The minimum Gasteiger partial charge on any atom is -0.311 e. The molecule has 0 aromatic carbocycles. The van der Waals surface area contributed by atoms with Crippen LogP contribution in [0.4, 0.5) is 0 Å². The number of nitrogens with two attached hydrogens (primary N) is 1. The van der Waals surface area contributed by atoms with Gasteiger partial charge in [0.1, 0.15) is 6.67 Å². The summed E-state index contributed by atoms with van der Waals surface area (Å²) in [5, 5.41) is 6.73. The van der Waals surface area contributed by atoms with Crippen LogP contribution in [0.15, 0.2) is 10.2 Å². The van der Waals surface area contributed by atoms with Gasteiger partial charge in [-0.15, -0.1) is 0 Å². The Morgan fingerprint density at radius 2 is 2.17 bits per heavy atom. The molecular weight excluding hydrogens is 78.1 g/mol. The molecule has 0 heterocycles. The Bertz CT molecular complexity index is 33.0. The van der Waals surface area contributed by atoms with Crippen molar-refractivity contribution >= 4 is 0 Å². The van der Waals surface area contributed by atoms with Crippen LogP contribution in [-0.2, 0) is 0 Å². The molecule has 38 valence electrons. The van der Waals surface area contributed by atoms with Gasteiger partial charge in [-0.2, -0.15) is 10.2 Å². The maximum atomic E-state index is 4.88. The summed E-state index contributed by atoms with van der Waals surface area (Å²) in [6.07, 6.45) is 0. The first-order valence-electron chi connectivity index (χ1n) is 1.37. The van der Waals surface area contributed by atoms with Crippen LogP contribution < -0.4 is 5.73 Å². The normalized spacial score (nSPS) is 8.33. The maximum absolute atomic E-state index is 4.88. The number of rotatable bonds is 1. The van der Waals surface area contributed by atoms with E-state index in [4.69, 9.17) is 5.73 Å². The Morgan fingerprint density at radius 3 is 2.17 bits per heavy atom. The molecule has 0 spiro atoms. The zero-order chi connectivity index (χ0) is 4.12. The van der Waals surface area contributed by atoms with Gasteiger partial charge in [0.2, 0.25) is 0 Å². The second-order valence-corrected chi connectivity index (χ2v) is 0.524. The third kappa shape index (κ3) is 9.59. The van der Waals surface area contributed by atoms with E-state index >= 15 is 0 Å². The SMILES string of the molecule is C.CN=NCN. The van der Waals surface area contributed by atoms with E-state index in [0.717, 1.165) is 0 Å². The molecule has 0 aliphatic carbocycles. The van der Waals surface area contributed by atoms with Crippen molar-refractivity contribution in [2.24, 2.45) is 16.0 Å². The van der Waals surface area contributed by atoms with Gasteiger partial charge in [0.05, 0.1) is 0 Å². The standard InChI is InChI=1S/C2H7N3.CH4/c1-4-5-2-3;/h2-3H2,1H3;1H4. The van der Waals surface area contributed by atoms with E-state index in [1.807, 2.05) is 0 Å². The topological polar surface area (TPSA) is 50.7 Å². The quantitative estimate of drug-likeness (QED) is 0.470. The van der Waals surface area contributed by atoms with Gasteiger partial charge in [0.25, 0.3) is 0 Å². The minimum absolute atomic E-state index is 0. The predicted octanol–water partition coefficient (Wildman–Crippen LogP) is 0.621. The Labute approximate surface area is 38.3 Å². The molecule has 0 unspecified atom stereocenters. The fraction of sp³-hybridized carbons (Fsp3) is 1.00. The molecule has 0 rings (SSSR count). The average Bonchev–Trinajstić information content (AvgIpc) is 1.41. The average molecular weight is 89.1 g/mol. The molecule has 0 aliphatic rings. The van der Waals surface area contributed by atoms with E-state index in [0.29, 0.717) is 6.67 Å². The molecule has 2 N–H and O–H groups in total. The van der Waals surface area contributed by atoms with E-state index in [1.165, 1.54) is 0 Å². The molecule has 0 saturated carbocycles. The Morgan fingerprint density at radius 1 is 1.67 bits per heavy atom. The summed E-state index contributed by atoms with van der Waals surface area (Å²) in [4.78, 5) is 0. The summed E-state index contributed by atoms with van der Waals surface area (Å²) in [6, 6.07) is 0. The lowest BCUT2D eigenvalue weighted by molar-refractivity contribution is 0.943. The number of hydrogen-bond donors (Lipinski definition) is 1. The van der Waals surface area contributed by atoms with E-state index < -0.39 is 0 Å². The molecule has 0 radical (unpaired) electrons. The van der Waals surface area contributed by atoms with Crippen LogP contribution in [0, 0.1) is 0 Å². The Kier molecular flexibility index (Phi) is 13.4. The van der Waals surface area contributed by atoms with Crippen molar-refractivity contribution in [2.75, 3.05) is 13.7 Å². The molecule has 0 amide bonds. The van der Waals surface area contributed by atoms with E-state index in [9.17, 15) is 0 Å². The molecular formula is C3H11N3. The van der Waals surface area contributed by atoms with Crippen molar-refractivity contribution in [1.29, 1.82) is 0 Å². The highest BCUT2D eigenvalue weighted by atomic mass is 15.1. The largest absolute Gasteiger partial charge is 0.311 e. The summed E-state index contributed by atoms with van der Waals surface area (Å²) in [5.74, 6) is 0. The zero-order valence-corrected chi connectivity index (χ0v) is 3.18. The van der Waals surface area contributed by atoms with Gasteiger partial charge in [-0.1, -0.05) is 7.43 Å². The number of azo groups is 1. The summed E-state index contributed by atoms with van der Waals surface area (Å²) in [5.41, 5.74) is 4.88. The molecule has 0 aromatic rings. The monoisotopic (exact) mass is 89.1 g/mol. The molecule has 3 heteroatoms. The van der Waals surface area contributed by atoms with Crippen LogP contribution in [0.5, 0.6) is 0 Å². The fourth-order valence-corrected chi connectivity index (χ4v) is 0.0816. The lowest BCUT2D eigenvalue weighted by Gasteiger charge is -1.68. The van der Waals surface area contributed by atoms with E-state index in [2.05, 4.69) is 10.2 Å². The van der Waals surface area contributed by atoms with Gasteiger partial charge < -0.3 is 5.73 Å². The van der Waals surface area contributed by atoms with Crippen LogP contribution in [-0.4, -0.2) is 13.7 Å². The molecule has 0 bridgehead atoms. The lowest BCUT2D eigenvalue weighted by Crippen LogP contribution is -1.90. The van der Waals surface area contributed by atoms with Gasteiger partial charge in [-0.25, -0.2) is 0 Å². The highest BCUT2D eigenvalue weighted by Gasteiger charge is 1.50. The summed E-state index contributed by atoms with van der Waals surface area (Å²) < 4.78 is 0. The van der Waals surface area contributed by atoms with Crippen molar-refractivity contribution < 1.29 is 0 Å². The van der Waals surface area contributed by atoms with Crippen LogP contribution in [0.2, 0.25) is 0 Å². The van der Waals surface area contributed by atoms with E-state index in [-0.39, 0.29) is 7.43 Å². The minimum atomic E-state index is 0. The second-order valence-electron chi connectivity index (χ2n) is 0.524. The third-order valence-corrected chi connectivity index (χ3v) is 0.223. The predicted molar refractivity (Wildman–Crippen MR) is 26.6 cm³/mol. The first-order chi connectivity index (χ1) is 2.41. The molecule has 0 aromatic heterocycles. The van der Waals surface area contributed by atoms with Crippen molar-refractivity contribution in [3.05, 3.63) is 0 Å². The highest BCUT2D eigenvalue weighted by Crippen LogP contribution is 1.55. The Hall–Kier alpha value is -0.440. The lowest BCUT2D eigenvalue weighted by atomic mass is 11.2. The fourth-order valence-electron chi connectivity index (χ4n) is 0.0816. The highest BCUT2D eigenvalue weighted by molar-refractivity contribution is 4.13. The van der Waals surface area contributed by atoms with Crippen LogP contribution in [0.25, 0.3) is 0 Å². The number of hydrogen-bond acceptors (Lipinski definition) is 3. The van der Waals surface area contributed by atoms with Crippen molar-refractivity contribution in [2.45, 2.75) is 7.43 Å². The van der Waals surface area contributed by atoms with E-state index in [1.54, 1.807) is 7.05 Å². The van der Waals surface area contributed by atoms with Crippen molar-refractivity contribution in [1.82, 2.24) is 0 Å². The molecule has 0 aliphatic heterocycles. The van der Waals surface area contributed by atoms with Gasteiger partial charge in [-0.05, 0) is 0 Å². The van der Waals surface area contributed by atoms with Gasteiger partial charge >= 0.3 is 0 Å². The van der Waals surface area contributed by atoms with Crippen molar-refractivity contribution in [3.63, 3.8) is 0 Å².